The minimum absolute atomic E-state index is 0.0167. The van der Waals surface area contributed by atoms with Gasteiger partial charge in [0.2, 0.25) is 5.91 Å². The topological polar surface area (TPSA) is 29.1 Å². The predicted molar refractivity (Wildman–Crippen MR) is 47.8 cm³/mol. The lowest BCUT2D eigenvalue weighted by Crippen LogP contribution is -2.21. The highest BCUT2D eigenvalue weighted by atomic mass is 127. The highest BCUT2D eigenvalue weighted by molar-refractivity contribution is 14.1. The first-order valence-electron chi connectivity index (χ1n) is 2.82. The van der Waals surface area contributed by atoms with Gasteiger partial charge < -0.3 is 5.32 Å². The van der Waals surface area contributed by atoms with Crippen molar-refractivity contribution in [2.24, 2.45) is 0 Å². The summed E-state index contributed by atoms with van der Waals surface area (Å²) in [5.74, 6) is 0.0167. The summed E-state index contributed by atoms with van der Waals surface area (Å²) < 4.78 is 0.483. The van der Waals surface area contributed by atoms with Gasteiger partial charge in [-0.1, -0.05) is 34.4 Å². The smallest absolute Gasteiger partial charge is 0.234 e. The first kappa shape index (κ1) is 7.57. The molecular weight excluding hydrogens is 241 g/mol. The van der Waals surface area contributed by atoms with Crippen LogP contribution in [0.2, 0.25) is 0 Å². The first-order chi connectivity index (χ1) is 4.83. The maximum atomic E-state index is 10.7. The largest absolute Gasteiger partial charge is 0.319 e. The van der Waals surface area contributed by atoms with Gasteiger partial charge in [0.15, 0.2) is 0 Å². The van der Waals surface area contributed by atoms with Gasteiger partial charge in [0, 0.05) is 0 Å². The van der Waals surface area contributed by atoms with Crippen molar-refractivity contribution in [2.75, 3.05) is 4.43 Å². The van der Waals surface area contributed by atoms with E-state index >= 15 is 0 Å². The molecule has 3 heteroatoms. The molecule has 10 heavy (non-hydrogen) atoms. The van der Waals surface area contributed by atoms with E-state index in [0.29, 0.717) is 4.43 Å². The minimum Gasteiger partial charge on any atom is -0.319 e. The normalized spacial score (nSPS) is 13.5. The molecule has 0 saturated heterocycles. The molecule has 0 radical (unpaired) electrons. The minimum atomic E-state index is 0.0167. The van der Waals surface area contributed by atoms with Crippen molar-refractivity contribution in [3.8, 4) is 0 Å². The van der Waals surface area contributed by atoms with Crippen molar-refractivity contribution in [1.82, 2.24) is 5.32 Å². The quantitative estimate of drug-likeness (QED) is 0.442. The second kappa shape index (κ2) is 3.58. The number of nitrogens with one attached hydrogen (secondary N) is 1. The average molecular weight is 247 g/mol. The summed E-state index contributed by atoms with van der Waals surface area (Å²) in [6.07, 6.45) is 5.41. The molecule has 0 spiro atoms. The molecule has 1 amide bonds. The van der Waals surface area contributed by atoms with Crippen LogP contribution >= 0.6 is 22.6 Å². The van der Waals surface area contributed by atoms with Crippen LogP contribution < -0.4 is 5.32 Å². The summed E-state index contributed by atoms with van der Waals surface area (Å²) in [6, 6.07) is 0. The van der Waals surface area contributed by atoms with Gasteiger partial charge in [-0.15, -0.1) is 0 Å². The molecule has 0 aromatic carbocycles. The third-order valence-electron chi connectivity index (χ3n) is 0.993. The molecule has 0 aromatic rings. The molecule has 0 atom stereocenters. The monoisotopic (exact) mass is 247 g/mol. The Morgan fingerprint density at radius 2 is 2.60 bits per heavy atom. The first-order valence-corrected chi connectivity index (χ1v) is 4.34. The Morgan fingerprint density at radius 3 is 3.10 bits per heavy atom. The standard InChI is InChI=1S/C7H6INO/c8-5-7(10)9-6-3-1-2-4-6/h1-3H,5H2,(H,9,10). The van der Waals surface area contributed by atoms with Crippen LogP contribution in [0.4, 0.5) is 0 Å². The van der Waals surface area contributed by atoms with Crippen LogP contribution in [0.25, 0.3) is 0 Å². The third-order valence-corrected chi connectivity index (χ3v) is 1.69. The highest BCUT2D eigenvalue weighted by Crippen LogP contribution is 1.97. The molecule has 1 rings (SSSR count). The fraction of sp³-hybridized carbons (Fsp3) is 0.143. The Balaban J connectivity index is 2.47. The van der Waals surface area contributed by atoms with Gasteiger partial charge in [0.05, 0.1) is 10.1 Å². The summed E-state index contributed by atoms with van der Waals surface area (Å²) in [7, 11) is 0. The lowest BCUT2D eigenvalue weighted by Gasteiger charge is -1.97. The summed E-state index contributed by atoms with van der Waals surface area (Å²) >= 11 is 2.01. The van der Waals surface area contributed by atoms with E-state index in [4.69, 9.17) is 0 Å². The second-order valence-corrected chi connectivity index (χ2v) is 2.53. The Labute approximate surface area is 72.8 Å². The second-order valence-electron chi connectivity index (χ2n) is 1.77. The van der Waals surface area contributed by atoms with Gasteiger partial charge in [0.1, 0.15) is 0 Å². The molecule has 1 N–H and O–H groups in total. The van der Waals surface area contributed by atoms with Crippen molar-refractivity contribution in [2.45, 2.75) is 0 Å². The molecule has 52 valence electrons. The third kappa shape index (κ3) is 2.01. The molecule has 1 aliphatic rings. The molecule has 0 fully saturated rings. The van der Waals surface area contributed by atoms with Crippen molar-refractivity contribution in [3.05, 3.63) is 29.7 Å². The van der Waals surface area contributed by atoms with E-state index in [1.165, 1.54) is 0 Å². The lowest BCUT2D eigenvalue weighted by atomic mass is 10.5. The van der Waals surface area contributed by atoms with Crippen molar-refractivity contribution < 1.29 is 4.79 Å². The summed E-state index contributed by atoms with van der Waals surface area (Å²) in [5, 5.41) is 2.67. The predicted octanol–water partition coefficient (Wildman–Crippen LogP) is 1.15. The fourth-order valence-corrected chi connectivity index (χ4v) is 0.782. The number of alkyl halides is 1. The number of amides is 1. The Kier molecular flexibility index (Phi) is 2.71. The zero-order valence-corrected chi connectivity index (χ0v) is 7.38. The van der Waals surface area contributed by atoms with Crippen LogP contribution in [-0.4, -0.2) is 10.3 Å². The zero-order chi connectivity index (χ0) is 7.40. The van der Waals surface area contributed by atoms with E-state index in [0.717, 1.165) is 5.70 Å². The number of carbonyl (C=O) groups is 1. The summed E-state index contributed by atoms with van der Waals surface area (Å²) in [4.78, 5) is 10.7. The summed E-state index contributed by atoms with van der Waals surface area (Å²) in [6.45, 7) is 0. The Hall–Kier alpha value is -0.540. The number of hydrogen-bond donors (Lipinski definition) is 1. The lowest BCUT2D eigenvalue weighted by molar-refractivity contribution is -0.117. The number of halogens is 1. The molecule has 0 aliphatic heterocycles. The maximum Gasteiger partial charge on any atom is 0.234 e. The Morgan fingerprint density at radius 1 is 1.80 bits per heavy atom. The molecule has 2 nitrogen and oxygen atoms in total. The highest BCUT2D eigenvalue weighted by Gasteiger charge is 1.99. The average Bonchev–Trinajstić information content (AvgIpc) is 2.40. The van der Waals surface area contributed by atoms with E-state index in [1.54, 1.807) is 6.08 Å². The van der Waals surface area contributed by atoms with Gasteiger partial charge in [-0.3, -0.25) is 4.79 Å². The van der Waals surface area contributed by atoms with Crippen LogP contribution in [0.5, 0.6) is 0 Å². The van der Waals surface area contributed by atoms with E-state index in [9.17, 15) is 4.79 Å². The van der Waals surface area contributed by atoms with E-state index in [-0.39, 0.29) is 5.91 Å². The summed E-state index contributed by atoms with van der Waals surface area (Å²) in [5.41, 5.74) is 3.62. The van der Waals surface area contributed by atoms with Gasteiger partial charge in [0.25, 0.3) is 0 Å². The molecule has 0 heterocycles. The van der Waals surface area contributed by atoms with Gasteiger partial charge >= 0.3 is 0 Å². The number of rotatable bonds is 2. The van der Waals surface area contributed by atoms with E-state index in [1.807, 2.05) is 34.7 Å². The van der Waals surface area contributed by atoms with Crippen molar-refractivity contribution in [3.63, 3.8) is 0 Å². The Bertz CT molecular complexity index is 236. The van der Waals surface area contributed by atoms with Crippen molar-refractivity contribution >= 4 is 28.5 Å². The molecule has 0 bridgehead atoms. The molecule has 0 aromatic heterocycles. The van der Waals surface area contributed by atoms with Crippen LogP contribution in [0.15, 0.2) is 29.7 Å². The van der Waals surface area contributed by atoms with Crippen LogP contribution in [0.3, 0.4) is 0 Å². The van der Waals surface area contributed by atoms with Gasteiger partial charge in [-0.2, -0.15) is 0 Å². The van der Waals surface area contributed by atoms with E-state index < -0.39 is 0 Å². The SMILES string of the molecule is O=C(CI)NC1=C=CC=C1. The molecule has 0 saturated carbocycles. The van der Waals surface area contributed by atoms with Crippen LogP contribution in [-0.2, 0) is 4.79 Å². The zero-order valence-electron chi connectivity index (χ0n) is 5.23. The number of hydrogen-bond acceptors (Lipinski definition) is 1. The van der Waals surface area contributed by atoms with Gasteiger partial charge in [-0.25, -0.2) is 0 Å². The molecule has 0 unspecified atom stereocenters. The molecule has 1 aliphatic carbocycles. The number of allylic oxidation sites excluding steroid dienone is 2. The maximum absolute atomic E-state index is 10.7. The van der Waals surface area contributed by atoms with Crippen LogP contribution in [0, 0.1) is 0 Å². The fourth-order valence-electron chi connectivity index (χ4n) is 0.592. The number of carbonyl (C=O) groups excluding carboxylic acids is 1. The van der Waals surface area contributed by atoms with Gasteiger partial charge in [-0.05, 0) is 12.2 Å². The molecular formula is C7H6INO. The van der Waals surface area contributed by atoms with Crippen molar-refractivity contribution in [1.29, 1.82) is 0 Å². The van der Waals surface area contributed by atoms with E-state index in [2.05, 4.69) is 11.0 Å². The van der Waals surface area contributed by atoms with Crippen LogP contribution in [0.1, 0.15) is 0 Å².